The molecular weight excluding hydrogens is 432 g/mol. The topological polar surface area (TPSA) is 133 Å². The fraction of sp³-hybridized carbons (Fsp3) is 0.381. The lowest BCUT2D eigenvalue weighted by Crippen LogP contribution is -2.41. The number of fused-ring (bicyclic) bond motifs is 1. The highest BCUT2D eigenvalue weighted by molar-refractivity contribution is 7.89. The van der Waals surface area contributed by atoms with Crippen LogP contribution in [-0.4, -0.2) is 53.8 Å². The summed E-state index contributed by atoms with van der Waals surface area (Å²) in [6, 6.07) is 10.1. The zero-order chi connectivity index (χ0) is 22.3. The van der Waals surface area contributed by atoms with E-state index in [4.69, 9.17) is 4.74 Å². The van der Waals surface area contributed by atoms with Gasteiger partial charge in [0.25, 0.3) is 5.56 Å². The van der Waals surface area contributed by atoms with Gasteiger partial charge in [0.05, 0.1) is 35.0 Å². The van der Waals surface area contributed by atoms with Crippen LogP contribution in [0.3, 0.4) is 0 Å². The zero-order valence-corrected chi connectivity index (χ0v) is 18.0. The van der Waals surface area contributed by atoms with Crippen molar-refractivity contribution in [3.05, 3.63) is 46.9 Å². The fourth-order valence-corrected chi connectivity index (χ4v) is 5.60. The minimum Gasteiger partial charge on any atom is -0.379 e. The molecule has 0 amide bonds. The van der Waals surface area contributed by atoms with Gasteiger partial charge in [-0.2, -0.15) is 14.7 Å². The number of aromatic amines is 1. The summed E-state index contributed by atoms with van der Waals surface area (Å²) in [6.07, 6.45) is 3.02. The minimum atomic E-state index is -3.47. The van der Waals surface area contributed by atoms with Crippen molar-refractivity contribution in [1.29, 1.82) is 5.26 Å². The van der Waals surface area contributed by atoms with Gasteiger partial charge in [0.2, 0.25) is 10.0 Å². The summed E-state index contributed by atoms with van der Waals surface area (Å²) in [7, 11) is -3.47. The van der Waals surface area contributed by atoms with E-state index < -0.39 is 10.0 Å². The van der Waals surface area contributed by atoms with Gasteiger partial charge in [-0.3, -0.25) is 9.48 Å². The van der Waals surface area contributed by atoms with Crippen LogP contribution in [0.15, 0.2) is 46.2 Å². The highest BCUT2D eigenvalue weighted by Crippen LogP contribution is 2.32. The second-order valence-corrected chi connectivity index (χ2v) is 9.87. The van der Waals surface area contributed by atoms with Crippen molar-refractivity contribution in [2.24, 2.45) is 5.92 Å². The van der Waals surface area contributed by atoms with Crippen molar-refractivity contribution in [2.45, 2.75) is 23.8 Å². The molecule has 3 aromatic rings. The molecule has 0 saturated carbocycles. The summed E-state index contributed by atoms with van der Waals surface area (Å²) in [5.74, 6) is 0.0625. The fourth-order valence-electron chi connectivity index (χ4n) is 4.08. The van der Waals surface area contributed by atoms with Crippen molar-refractivity contribution in [3.63, 3.8) is 0 Å². The SMILES string of the molecule is N#CC1CCOC[C@@H]1n1nc(Nc2ccc(S(=O)(=O)N3CCC3)cc2)c2c(=O)[nH]ccc21. The molecule has 1 aromatic carbocycles. The average Bonchev–Trinajstić information content (AvgIpc) is 3.12. The number of ether oxygens (including phenoxy) is 1. The number of benzene rings is 1. The van der Waals surface area contributed by atoms with E-state index in [0.717, 1.165) is 6.42 Å². The molecule has 32 heavy (non-hydrogen) atoms. The van der Waals surface area contributed by atoms with Gasteiger partial charge in [0, 0.05) is 31.6 Å². The third kappa shape index (κ3) is 3.46. The predicted octanol–water partition coefficient (Wildman–Crippen LogP) is 1.96. The van der Waals surface area contributed by atoms with Gasteiger partial charge in [0.15, 0.2) is 5.82 Å². The minimum absolute atomic E-state index is 0.229. The summed E-state index contributed by atoms with van der Waals surface area (Å²) >= 11 is 0. The molecule has 2 aliphatic rings. The Bertz CT molecular complexity index is 1350. The zero-order valence-electron chi connectivity index (χ0n) is 17.2. The Labute approximate surface area is 184 Å². The number of rotatable bonds is 5. The molecular formula is C21H22N6O4S. The molecule has 0 spiro atoms. The first-order chi connectivity index (χ1) is 15.5. The number of pyridine rings is 1. The Hall–Kier alpha value is -3.20. The molecule has 10 nitrogen and oxygen atoms in total. The predicted molar refractivity (Wildman–Crippen MR) is 117 cm³/mol. The second kappa shape index (κ2) is 8.05. The molecule has 0 bridgehead atoms. The number of nitrogens with zero attached hydrogens (tertiary/aromatic N) is 4. The number of nitriles is 1. The lowest BCUT2D eigenvalue weighted by atomic mass is 9.96. The van der Waals surface area contributed by atoms with Crippen molar-refractivity contribution >= 4 is 32.4 Å². The van der Waals surface area contributed by atoms with Gasteiger partial charge in [0.1, 0.15) is 5.39 Å². The molecule has 5 rings (SSSR count). The van der Waals surface area contributed by atoms with Crippen LogP contribution in [-0.2, 0) is 14.8 Å². The van der Waals surface area contributed by atoms with Gasteiger partial charge < -0.3 is 15.0 Å². The van der Waals surface area contributed by atoms with E-state index in [0.29, 0.717) is 55.1 Å². The average molecular weight is 455 g/mol. The number of anilines is 2. The molecule has 11 heteroatoms. The Kier molecular flexibility index (Phi) is 5.21. The molecule has 2 atom stereocenters. The van der Waals surface area contributed by atoms with E-state index in [-0.39, 0.29) is 22.4 Å². The highest BCUT2D eigenvalue weighted by Gasteiger charge is 2.31. The number of nitrogens with one attached hydrogen (secondary N) is 2. The van der Waals surface area contributed by atoms with Gasteiger partial charge in [-0.25, -0.2) is 8.42 Å². The van der Waals surface area contributed by atoms with E-state index in [1.807, 2.05) is 0 Å². The third-order valence-electron chi connectivity index (χ3n) is 6.01. The van der Waals surface area contributed by atoms with Crippen LogP contribution in [0.5, 0.6) is 0 Å². The summed E-state index contributed by atoms with van der Waals surface area (Å²) in [5.41, 5.74) is 0.890. The van der Waals surface area contributed by atoms with Gasteiger partial charge >= 0.3 is 0 Å². The quantitative estimate of drug-likeness (QED) is 0.602. The summed E-state index contributed by atoms with van der Waals surface area (Å²) in [6.45, 7) is 1.95. The lowest BCUT2D eigenvalue weighted by molar-refractivity contribution is 0.0359. The number of H-pyrrole nitrogens is 1. The van der Waals surface area contributed by atoms with Crippen LogP contribution in [0.4, 0.5) is 11.5 Å². The van der Waals surface area contributed by atoms with E-state index in [9.17, 15) is 18.5 Å². The van der Waals surface area contributed by atoms with Crippen LogP contribution >= 0.6 is 0 Å². The van der Waals surface area contributed by atoms with E-state index in [1.165, 1.54) is 4.31 Å². The van der Waals surface area contributed by atoms with Crippen molar-refractivity contribution in [1.82, 2.24) is 19.1 Å². The molecule has 2 fully saturated rings. The number of aromatic nitrogens is 3. The molecule has 2 aromatic heterocycles. The van der Waals surface area contributed by atoms with E-state index >= 15 is 0 Å². The van der Waals surface area contributed by atoms with Crippen LogP contribution < -0.4 is 10.9 Å². The maximum Gasteiger partial charge on any atom is 0.261 e. The Morgan fingerprint density at radius 3 is 2.69 bits per heavy atom. The Morgan fingerprint density at radius 2 is 2.00 bits per heavy atom. The number of hydrogen-bond acceptors (Lipinski definition) is 7. The van der Waals surface area contributed by atoms with Gasteiger partial charge in [-0.15, -0.1) is 0 Å². The molecule has 2 saturated heterocycles. The first-order valence-electron chi connectivity index (χ1n) is 10.4. The maximum absolute atomic E-state index is 12.6. The second-order valence-electron chi connectivity index (χ2n) is 7.93. The van der Waals surface area contributed by atoms with Crippen LogP contribution in [0.2, 0.25) is 0 Å². The lowest BCUT2D eigenvalue weighted by Gasteiger charge is -2.29. The van der Waals surface area contributed by atoms with Gasteiger partial charge in [-0.05, 0) is 43.2 Å². The van der Waals surface area contributed by atoms with E-state index in [2.05, 4.69) is 21.5 Å². The van der Waals surface area contributed by atoms with Crippen LogP contribution in [0, 0.1) is 17.2 Å². The number of sulfonamides is 1. The smallest absolute Gasteiger partial charge is 0.261 e. The standard InChI is InChI=1S/C21H22N6O4S/c22-12-14-7-11-31-13-18(14)27-17-6-8-23-21(28)19(17)20(25-27)24-15-2-4-16(5-3-15)32(29,30)26-9-1-10-26/h2-6,8,14,18H,1,7,9-11,13H2,(H,23,28)(H,24,25)/t14?,18-/m0/s1. The molecule has 166 valence electrons. The van der Waals surface area contributed by atoms with Crippen molar-refractivity contribution < 1.29 is 13.2 Å². The molecule has 4 heterocycles. The van der Waals surface area contributed by atoms with E-state index in [1.54, 1.807) is 41.2 Å². The molecule has 0 aliphatic carbocycles. The third-order valence-corrected chi connectivity index (χ3v) is 7.92. The molecule has 2 aliphatic heterocycles. The Balaban J connectivity index is 1.50. The van der Waals surface area contributed by atoms with Crippen molar-refractivity contribution in [2.75, 3.05) is 31.6 Å². The first kappa shape index (κ1) is 20.7. The Morgan fingerprint density at radius 1 is 1.22 bits per heavy atom. The molecule has 2 N–H and O–H groups in total. The van der Waals surface area contributed by atoms with Crippen LogP contribution in [0.25, 0.3) is 10.9 Å². The largest absolute Gasteiger partial charge is 0.379 e. The first-order valence-corrected chi connectivity index (χ1v) is 11.9. The normalized spacial score (nSPS) is 21.7. The monoisotopic (exact) mass is 454 g/mol. The van der Waals surface area contributed by atoms with Crippen LogP contribution in [0.1, 0.15) is 18.9 Å². The number of hydrogen-bond donors (Lipinski definition) is 2. The van der Waals surface area contributed by atoms with Crippen molar-refractivity contribution in [3.8, 4) is 6.07 Å². The summed E-state index contributed by atoms with van der Waals surface area (Å²) in [4.78, 5) is 15.5. The summed E-state index contributed by atoms with van der Waals surface area (Å²) in [5, 5.41) is 17.7. The van der Waals surface area contributed by atoms with Gasteiger partial charge in [-0.1, -0.05) is 0 Å². The maximum atomic E-state index is 12.6. The molecule has 1 unspecified atom stereocenters. The summed E-state index contributed by atoms with van der Waals surface area (Å²) < 4.78 is 33.8. The molecule has 0 radical (unpaired) electrons. The highest BCUT2D eigenvalue weighted by atomic mass is 32.2.